The Morgan fingerprint density at radius 2 is 2.12 bits per heavy atom. The molecule has 0 aliphatic heterocycles. The second kappa shape index (κ2) is 5.26. The first-order valence-corrected chi connectivity index (χ1v) is 6.36. The van der Waals surface area contributed by atoms with Gasteiger partial charge in [0, 0.05) is 24.3 Å². The molecule has 0 heterocycles. The number of carbonyl (C=O) groups is 2. The summed E-state index contributed by atoms with van der Waals surface area (Å²) in [5.74, 6) is 0.549. The zero-order chi connectivity index (χ0) is 12.3. The number of hydrogen-bond acceptors (Lipinski definition) is 2. The number of Topliss-reactive ketones (excluding diaryl/α,β-unsaturated/α-hetero) is 2. The number of hydrogen-bond donors (Lipinski definition) is 0. The number of benzene rings is 1. The van der Waals surface area contributed by atoms with Crippen LogP contribution in [0.1, 0.15) is 48.5 Å². The van der Waals surface area contributed by atoms with Crippen molar-refractivity contribution in [1.82, 2.24) is 0 Å². The zero-order valence-corrected chi connectivity index (χ0v) is 10.2. The normalized spacial score (nSPS) is 18.9. The van der Waals surface area contributed by atoms with Crippen molar-refractivity contribution < 1.29 is 9.59 Å². The van der Waals surface area contributed by atoms with Gasteiger partial charge in [0.15, 0.2) is 5.78 Å². The molecule has 0 saturated carbocycles. The van der Waals surface area contributed by atoms with Crippen LogP contribution in [0.3, 0.4) is 0 Å². The van der Waals surface area contributed by atoms with Gasteiger partial charge in [-0.1, -0.05) is 31.2 Å². The van der Waals surface area contributed by atoms with Crippen LogP contribution in [0.2, 0.25) is 0 Å². The van der Waals surface area contributed by atoms with Crippen LogP contribution in [0.4, 0.5) is 0 Å². The van der Waals surface area contributed by atoms with Crippen LogP contribution >= 0.6 is 0 Å². The number of aryl methyl sites for hydroxylation is 1. The Labute approximate surface area is 102 Å². The van der Waals surface area contributed by atoms with Crippen LogP contribution in [-0.2, 0) is 11.2 Å². The van der Waals surface area contributed by atoms with Crippen LogP contribution in [0, 0.1) is 5.92 Å². The topological polar surface area (TPSA) is 34.1 Å². The van der Waals surface area contributed by atoms with Crippen molar-refractivity contribution in [3.8, 4) is 0 Å². The van der Waals surface area contributed by atoms with Gasteiger partial charge in [-0.15, -0.1) is 0 Å². The second-order valence-corrected chi connectivity index (χ2v) is 4.69. The molecule has 1 unspecified atom stereocenters. The summed E-state index contributed by atoms with van der Waals surface area (Å²) in [6.07, 6.45) is 3.71. The van der Waals surface area contributed by atoms with E-state index in [0.29, 0.717) is 12.8 Å². The minimum Gasteiger partial charge on any atom is -0.300 e. The number of rotatable bonds is 4. The molecular formula is C15H18O2. The Balaban J connectivity index is 2.05. The molecule has 0 N–H and O–H groups in total. The summed E-state index contributed by atoms with van der Waals surface area (Å²) in [5.41, 5.74) is 2.03. The van der Waals surface area contributed by atoms with Gasteiger partial charge in [0.25, 0.3) is 0 Å². The fourth-order valence-electron chi connectivity index (χ4n) is 2.45. The molecule has 0 bridgehead atoms. The highest BCUT2D eigenvalue weighted by atomic mass is 16.1. The molecule has 2 heteroatoms. The van der Waals surface area contributed by atoms with E-state index in [1.807, 2.05) is 31.2 Å². The molecule has 0 radical (unpaired) electrons. The molecule has 90 valence electrons. The molecule has 0 amide bonds. The summed E-state index contributed by atoms with van der Waals surface area (Å²) in [6, 6.07) is 7.83. The molecule has 1 aromatic carbocycles. The van der Waals surface area contributed by atoms with Crippen molar-refractivity contribution >= 4 is 11.6 Å². The summed E-state index contributed by atoms with van der Waals surface area (Å²) in [6.45, 7) is 1.88. The maximum absolute atomic E-state index is 12.2. The molecule has 1 aromatic rings. The average molecular weight is 230 g/mol. The van der Waals surface area contributed by atoms with Crippen molar-refractivity contribution in [2.75, 3.05) is 0 Å². The van der Waals surface area contributed by atoms with Crippen LogP contribution in [0.5, 0.6) is 0 Å². The lowest BCUT2D eigenvalue weighted by Crippen LogP contribution is -2.23. The van der Waals surface area contributed by atoms with Gasteiger partial charge in [0.1, 0.15) is 5.78 Å². The molecule has 0 fully saturated rings. The Bertz CT molecular complexity index is 434. The summed E-state index contributed by atoms with van der Waals surface area (Å²) < 4.78 is 0. The van der Waals surface area contributed by atoms with Gasteiger partial charge in [0.05, 0.1) is 0 Å². The number of fused-ring (bicyclic) bond motifs is 1. The lowest BCUT2D eigenvalue weighted by atomic mass is 9.80. The molecular weight excluding hydrogens is 212 g/mol. The average Bonchev–Trinajstić information content (AvgIpc) is 2.38. The third-order valence-electron chi connectivity index (χ3n) is 3.58. The maximum atomic E-state index is 12.2. The molecule has 1 aliphatic carbocycles. The first-order chi connectivity index (χ1) is 8.22. The van der Waals surface area contributed by atoms with Crippen LogP contribution < -0.4 is 0 Å². The summed E-state index contributed by atoms with van der Waals surface area (Å²) >= 11 is 0. The van der Waals surface area contributed by atoms with E-state index in [-0.39, 0.29) is 17.5 Å². The number of carbonyl (C=O) groups excluding carboxylic acids is 2. The van der Waals surface area contributed by atoms with Crippen LogP contribution in [0.25, 0.3) is 0 Å². The van der Waals surface area contributed by atoms with E-state index in [2.05, 4.69) is 0 Å². The van der Waals surface area contributed by atoms with Gasteiger partial charge >= 0.3 is 0 Å². The largest absolute Gasteiger partial charge is 0.300 e. The fraction of sp³-hybridized carbons (Fsp3) is 0.467. The van der Waals surface area contributed by atoms with Crippen molar-refractivity contribution in [3.63, 3.8) is 0 Å². The third kappa shape index (κ3) is 2.63. The smallest absolute Gasteiger partial charge is 0.166 e. The molecule has 2 rings (SSSR count). The van der Waals surface area contributed by atoms with Crippen LogP contribution in [0.15, 0.2) is 24.3 Å². The van der Waals surface area contributed by atoms with E-state index in [1.54, 1.807) is 0 Å². The van der Waals surface area contributed by atoms with Gasteiger partial charge in [-0.2, -0.15) is 0 Å². The zero-order valence-electron chi connectivity index (χ0n) is 10.2. The highest BCUT2D eigenvalue weighted by Crippen LogP contribution is 2.28. The molecule has 2 nitrogen and oxygen atoms in total. The first kappa shape index (κ1) is 12.0. The minimum absolute atomic E-state index is 0.0559. The second-order valence-electron chi connectivity index (χ2n) is 4.69. The highest BCUT2D eigenvalue weighted by Gasteiger charge is 2.26. The lowest BCUT2D eigenvalue weighted by Gasteiger charge is -2.22. The van der Waals surface area contributed by atoms with Gasteiger partial charge in [-0.05, 0) is 24.8 Å². The molecule has 17 heavy (non-hydrogen) atoms. The Hall–Kier alpha value is -1.44. The molecule has 1 aliphatic rings. The molecule has 0 saturated heterocycles. The van der Waals surface area contributed by atoms with Crippen molar-refractivity contribution in [3.05, 3.63) is 35.4 Å². The summed E-state index contributed by atoms with van der Waals surface area (Å²) in [5, 5.41) is 0. The van der Waals surface area contributed by atoms with Crippen molar-refractivity contribution in [1.29, 1.82) is 0 Å². The standard InChI is InChI=1S/C15H18O2/c1-2-13(16)10-9-12-8-7-11-5-3-4-6-14(11)15(12)17/h3-6,12H,2,7-10H2,1H3. The maximum Gasteiger partial charge on any atom is 0.166 e. The SMILES string of the molecule is CCC(=O)CCC1CCc2ccccc2C1=O. The van der Waals surface area contributed by atoms with Crippen molar-refractivity contribution in [2.45, 2.75) is 39.0 Å². The van der Waals surface area contributed by atoms with E-state index < -0.39 is 0 Å². The van der Waals surface area contributed by atoms with E-state index in [9.17, 15) is 9.59 Å². The Kier molecular flexibility index (Phi) is 3.72. The lowest BCUT2D eigenvalue weighted by molar-refractivity contribution is -0.118. The molecule has 0 aromatic heterocycles. The van der Waals surface area contributed by atoms with Gasteiger partial charge in [0.2, 0.25) is 0 Å². The predicted molar refractivity (Wildman–Crippen MR) is 67.1 cm³/mol. The molecule has 1 atom stereocenters. The summed E-state index contributed by atoms with van der Waals surface area (Å²) in [7, 11) is 0. The monoisotopic (exact) mass is 230 g/mol. The van der Waals surface area contributed by atoms with Gasteiger partial charge in [-0.3, -0.25) is 9.59 Å². The first-order valence-electron chi connectivity index (χ1n) is 6.36. The summed E-state index contributed by atoms with van der Waals surface area (Å²) in [4.78, 5) is 23.5. The van der Waals surface area contributed by atoms with Gasteiger partial charge < -0.3 is 0 Å². The quantitative estimate of drug-likeness (QED) is 0.796. The Morgan fingerprint density at radius 1 is 1.35 bits per heavy atom. The predicted octanol–water partition coefficient (Wildman–Crippen LogP) is 3.19. The fourth-order valence-corrected chi connectivity index (χ4v) is 2.45. The van der Waals surface area contributed by atoms with Gasteiger partial charge in [-0.25, -0.2) is 0 Å². The minimum atomic E-state index is 0.0559. The third-order valence-corrected chi connectivity index (χ3v) is 3.58. The van der Waals surface area contributed by atoms with E-state index in [1.165, 1.54) is 0 Å². The van der Waals surface area contributed by atoms with E-state index in [4.69, 9.17) is 0 Å². The van der Waals surface area contributed by atoms with E-state index in [0.717, 1.165) is 30.4 Å². The highest BCUT2D eigenvalue weighted by molar-refractivity contribution is 6.00. The number of ketones is 2. The van der Waals surface area contributed by atoms with Crippen LogP contribution in [-0.4, -0.2) is 11.6 Å². The Morgan fingerprint density at radius 3 is 2.88 bits per heavy atom. The molecule has 0 spiro atoms. The van der Waals surface area contributed by atoms with Crippen molar-refractivity contribution in [2.24, 2.45) is 5.92 Å². The van der Waals surface area contributed by atoms with E-state index >= 15 is 0 Å².